The van der Waals surface area contributed by atoms with E-state index in [0.29, 0.717) is 91.9 Å². The van der Waals surface area contributed by atoms with Crippen LogP contribution in [0.3, 0.4) is 0 Å². The highest BCUT2D eigenvalue weighted by Gasteiger charge is 2.44. The molecule has 2 aliphatic heterocycles. The molecule has 1 fully saturated rings. The molecule has 11 atom stereocenters. The minimum atomic E-state index is -1.57. The fraction of sp³-hybridized carbons (Fsp3) is 0.728. The summed E-state index contributed by atoms with van der Waals surface area (Å²) in [5.41, 5.74) is 0.742. The lowest BCUT2D eigenvalue weighted by Crippen LogP contribution is -2.59. The quantitative estimate of drug-likeness (QED) is 0.0173. The van der Waals surface area contributed by atoms with Gasteiger partial charge in [-0.3, -0.25) is 81.7 Å². The molecule has 2 heterocycles. The molecule has 788 valence electrons. The Bertz CT molecular complexity index is 3890. The molecule has 0 spiro atoms. The van der Waals surface area contributed by atoms with Crippen LogP contribution in [0.5, 0.6) is 0 Å². The van der Waals surface area contributed by atoms with Gasteiger partial charge in [-0.05, 0) is 63.6 Å². The van der Waals surface area contributed by atoms with E-state index in [2.05, 4.69) is 63.8 Å². The Hall–Kier alpha value is -10.6. The van der Waals surface area contributed by atoms with Gasteiger partial charge in [0.25, 0.3) is 11.8 Å². The van der Waals surface area contributed by atoms with Gasteiger partial charge in [0, 0.05) is 105 Å². The van der Waals surface area contributed by atoms with Crippen LogP contribution in [0.25, 0.3) is 0 Å². The normalized spacial score (nSPS) is 15.1. The number of ether oxygens (including phenoxy) is 14. The molecule has 1 aromatic rings. The van der Waals surface area contributed by atoms with Gasteiger partial charge in [0.15, 0.2) is 0 Å². The van der Waals surface area contributed by atoms with Crippen LogP contribution >= 0.6 is 0 Å². The molecular weight excluding hydrogens is 1830 g/mol. The van der Waals surface area contributed by atoms with Crippen LogP contribution in [0.4, 0.5) is 4.79 Å². The van der Waals surface area contributed by atoms with Gasteiger partial charge in [-0.25, -0.2) is 9.59 Å². The average molecular weight is 1980 g/mol. The monoisotopic (exact) mass is 1980 g/mol. The third-order valence-electron chi connectivity index (χ3n) is 22.0. The van der Waals surface area contributed by atoms with Gasteiger partial charge in [-0.1, -0.05) is 85.2 Å². The molecule has 3 rings (SSSR count). The molecule has 2 aliphatic rings. The van der Waals surface area contributed by atoms with Crippen molar-refractivity contribution < 1.29 is 148 Å². The zero-order valence-corrected chi connectivity index (χ0v) is 83.3. The topological polar surface area (TPSA) is 577 Å². The highest BCUT2D eigenvalue weighted by molar-refractivity contribution is 6.13. The van der Waals surface area contributed by atoms with Crippen molar-refractivity contribution in [2.45, 2.75) is 168 Å². The average Bonchev–Trinajstić information content (AvgIpc) is 1.77. The number of carbonyl (C=O) groups is 17. The molecular formula is C92H154N16O31. The maximum atomic E-state index is 14.6. The molecule has 0 aromatic heterocycles. The maximum Gasteiger partial charge on any atom is 0.407 e. The zero-order valence-electron chi connectivity index (χ0n) is 83.3. The largest absolute Gasteiger partial charge is 0.464 e. The van der Waals surface area contributed by atoms with E-state index in [1.165, 1.54) is 21.1 Å². The summed E-state index contributed by atoms with van der Waals surface area (Å²) < 4.78 is 76.8. The fourth-order valence-corrected chi connectivity index (χ4v) is 14.4. The molecule has 0 bridgehead atoms. The van der Waals surface area contributed by atoms with E-state index in [-0.39, 0.29) is 179 Å². The number of methoxy groups -OCH3 is 3. The van der Waals surface area contributed by atoms with E-state index >= 15 is 0 Å². The summed E-state index contributed by atoms with van der Waals surface area (Å²) in [7, 11) is 9.89. The van der Waals surface area contributed by atoms with Crippen LogP contribution in [-0.2, 0) is 149 Å². The van der Waals surface area contributed by atoms with Crippen molar-refractivity contribution in [2.75, 3.05) is 247 Å². The van der Waals surface area contributed by atoms with Crippen LogP contribution in [0.2, 0.25) is 0 Å². The van der Waals surface area contributed by atoms with Crippen molar-refractivity contribution in [3.8, 4) is 0 Å². The molecule has 47 heteroatoms. The Morgan fingerprint density at radius 3 is 1.47 bits per heavy atom. The Labute approximate surface area is 814 Å². The second-order valence-corrected chi connectivity index (χ2v) is 33.6. The Morgan fingerprint density at radius 2 is 0.957 bits per heavy atom. The van der Waals surface area contributed by atoms with Gasteiger partial charge in [-0.15, -0.1) is 0 Å². The first-order chi connectivity index (χ1) is 66.6. The van der Waals surface area contributed by atoms with Crippen LogP contribution in [0.15, 0.2) is 42.5 Å². The van der Waals surface area contributed by atoms with Gasteiger partial charge in [0.2, 0.25) is 76.8 Å². The Balaban J connectivity index is 1.48. The minimum Gasteiger partial charge on any atom is -0.464 e. The number of rotatable bonds is 78. The second-order valence-electron chi connectivity index (χ2n) is 33.6. The van der Waals surface area contributed by atoms with Crippen molar-refractivity contribution in [3.63, 3.8) is 0 Å². The Morgan fingerprint density at radius 1 is 0.460 bits per heavy atom. The summed E-state index contributed by atoms with van der Waals surface area (Å²) in [6.07, 6.45) is 0.896. The molecule has 139 heavy (non-hydrogen) atoms. The van der Waals surface area contributed by atoms with E-state index in [4.69, 9.17) is 66.3 Å². The third-order valence-corrected chi connectivity index (χ3v) is 22.0. The lowest BCUT2D eigenvalue weighted by molar-refractivity contribution is -0.148. The predicted octanol–water partition coefficient (Wildman–Crippen LogP) is -3.29. The number of hydrogen-bond donors (Lipinski definition) is 12. The fourth-order valence-electron chi connectivity index (χ4n) is 14.4. The van der Waals surface area contributed by atoms with Crippen molar-refractivity contribution >= 4 is 101 Å². The summed E-state index contributed by atoms with van der Waals surface area (Å²) in [4.78, 5) is 228. The minimum absolute atomic E-state index is 0.00138. The number of nitrogens with zero attached hydrogens (tertiary/aromatic N) is 4. The number of esters is 1. The smallest absolute Gasteiger partial charge is 0.407 e. The van der Waals surface area contributed by atoms with Crippen LogP contribution in [0.1, 0.15) is 112 Å². The molecule has 2 unspecified atom stereocenters. The van der Waals surface area contributed by atoms with Gasteiger partial charge in [-0.2, -0.15) is 0 Å². The maximum absolute atomic E-state index is 14.6. The Kier molecular flexibility index (Phi) is 64.1. The van der Waals surface area contributed by atoms with E-state index in [0.717, 1.165) is 22.6 Å². The molecule has 1 aromatic carbocycles. The van der Waals surface area contributed by atoms with Gasteiger partial charge in [0.05, 0.1) is 201 Å². The van der Waals surface area contributed by atoms with Gasteiger partial charge in [0.1, 0.15) is 30.8 Å². The highest BCUT2D eigenvalue weighted by atomic mass is 16.6. The van der Waals surface area contributed by atoms with Crippen molar-refractivity contribution in [2.24, 2.45) is 23.7 Å². The summed E-state index contributed by atoms with van der Waals surface area (Å²) in [5.74, 6) is -10.8. The number of nitrogens with one attached hydrogen (secondary N) is 12. The van der Waals surface area contributed by atoms with Crippen LogP contribution in [0, 0.1) is 23.7 Å². The summed E-state index contributed by atoms with van der Waals surface area (Å²) in [5, 5.41) is 30.3. The van der Waals surface area contributed by atoms with Crippen molar-refractivity contribution in [1.82, 2.24) is 83.4 Å². The molecule has 0 aliphatic carbocycles. The molecule has 12 N–H and O–H groups in total. The molecule has 0 saturated carbocycles. The first kappa shape index (κ1) is 123. The number of hydrogen-bond acceptors (Lipinski definition) is 32. The zero-order chi connectivity index (χ0) is 103. The third kappa shape index (κ3) is 52.0. The van der Waals surface area contributed by atoms with Crippen LogP contribution < -0.4 is 63.8 Å². The SMILES string of the molecule is CC[C@H](C)[C@@H]([C@@H](CC(=O)N1CCC[C@H]1[C@H](OC)[C@@H](C)C(=O)N[C@@H](Cc1ccccc1)C(=O)NCCCOC(=O)C(C)NC(=O)CCNC(=O)OCC(NC(=O)CNC(=O)CNC(=O)CNC(=O)CNC(=O)CCOCCOCCNC(=O)CCN1C(=O)C=CC1=O)C(=O)NCCOCCOCCOCCOCCOCCOCCOCCOC)OC)N(C)C(=O)[C@@H](NC(=O)[C@H](C(C)C)N(C)C)C(C)C. The number of alkyl carbamates (subject to hydrolysis) is 1. The first-order valence-corrected chi connectivity index (χ1v) is 47.3. The van der Waals surface area contributed by atoms with Crippen LogP contribution in [-0.4, -0.2) is 421 Å². The van der Waals surface area contributed by atoms with Crippen molar-refractivity contribution in [3.05, 3.63) is 48.0 Å². The molecule has 47 nitrogen and oxygen atoms in total. The first-order valence-electron chi connectivity index (χ1n) is 47.3. The van der Waals surface area contributed by atoms with Crippen molar-refractivity contribution in [1.29, 1.82) is 0 Å². The number of amides is 16. The number of carbonyl (C=O) groups excluding carboxylic acids is 17. The summed E-state index contributed by atoms with van der Waals surface area (Å²) in [6, 6.07) is 2.74. The predicted molar refractivity (Wildman–Crippen MR) is 502 cm³/mol. The highest BCUT2D eigenvalue weighted by Crippen LogP contribution is 2.30. The van der Waals surface area contributed by atoms with Gasteiger partial charge < -0.3 is 140 Å². The lowest BCUT2D eigenvalue weighted by Gasteiger charge is -2.41. The lowest BCUT2D eigenvalue weighted by atomic mass is 9.89. The van der Waals surface area contributed by atoms with Gasteiger partial charge >= 0.3 is 12.1 Å². The number of benzene rings is 1. The second kappa shape index (κ2) is 72.7. The molecule has 0 radical (unpaired) electrons. The van der Waals surface area contributed by atoms with E-state index < -0.39 is 170 Å². The number of imide groups is 1. The van der Waals surface area contributed by atoms with E-state index in [1.807, 2.05) is 78.7 Å². The van der Waals surface area contributed by atoms with E-state index in [1.54, 1.807) is 43.0 Å². The summed E-state index contributed by atoms with van der Waals surface area (Å²) >= 11 is 0. The molecule has 1 saturated heterocycles. The standard InChI is InChI=1S/C92H154N16O31/c1-15-64(6)84(106(11)90(123)82(62(2)3)104-89(122)83(63(4)5)105(9)10)71(127-13)56-81(118)107-33-19-23-70(107)85(128-14)65(7)86(119)103-68(55-67-21-17-16-18-22-67)87(120)94-29-20-35-138-91(124)66(8)101-74(111)26-30-96-92(125)139-61-69(88(121)95-32-38-131-43-44-133-47-48-135-51-52-137-54-53-136-50-49-134-46-45-132-40-39-126-12)102-78(115)60-100-77(114)59-99-76(113)58-98-75(112)57-97-73(110)28-36-129-41-42-130-37-31-93-72(109)27-34-108-79(116)24-25-80(108)117/h16-18,21-22,24-25,62-66,68-71,82-85H,15,19-20,23,26-61H2,1-14H3,(H,93,109)(H,94,120)(H,95,121)(H,96,125)(H,97,110)(H,98,112)(H,99,113)(H,100,114)(H,101,111)(H,102,115)(H,103,119)(H,104,122)/t64-,65+,66?,68-,69?,70-,71+,82-,83-,84-,85+/m0/s1. The van der Waals surface area contributed by atoms with E-state index in [9.17, 15) is 81.5 Å². The molecule has 16 amide bonds. The number of likely N-dealkylation sites (N-methyl/N-ethyl adjacent to an activating group) is 2. The number of likely N-dealkylation sites (tertiary alicyclic amines) is 1. The summed E-state index contributed by atoms with van der Waals surface area (Å²) in [6.45, 7) is 16.7.